The first kappa shape index (κ1) is 21.6. The maximum atomic E-state index is 12.9. The van der Waals surface area contributed by atoms with E-state index in [0.717, 1.165) is 24.1 Å². The molecule has 158 valence electrons. The number of carbonyl (C=O) groups is 1. The number of nitrogens with one attached hydrogen (secondary N) is 2. The lowest BCUT2D eigenvalue weighted by atomic mass is 10.1. The molecular weight excluding hydrogens is 400 g/mol. The van der Waals surface area contributed by atoms with Crippen LogP contribution in [-0.4, -0.2) is 30.4 Å². The van der Waals surface area contributed by atoms with Gasteiger partial charge in [0.05, 0.1) is 11.2 Å². The van der Waals surface area contributed by atoms with Crippen LogP contribution < -0.4 is 10.0 Å². The highest BCUT2D eigenvalue weighted by Crippen LogP contribution is 2.22. The maximum absolute atomic E-state index is 12.9. The van der Waals surface area contributed by atoms with E-state index in [0.29, 0.717) is 23.4 Å². The van der Waals surface area contributed by atoms with Crippen molar-refractivity contribution < 1.29 is 13.2 Å². The number of imidazole rings is 1. The molecular formula is C22H26N4O3S. The number of hydrogen-bond donors (Lipinski definition) is 2. The molecule has 2 N–H and O–H groups in total. The van der Waals surface area contributed by atoms with Crippen LogP contribution in [0.1, 0.15) is 33.5 Å². The molecule has 0 spiro atoms. The minimum absolute atomic E-state index is 0.0896. The third kappa shape index (κ3) is 5.27. The minimum Gasteiger partial charge on any atom is -0.352 e. The number of carbonyl (C=O) groups excluding carboxylic acids is 1. The van der Waals surface area contributed by atoms with E-state index in [1.165, 1.54) is 6.07 Å². The molecule has 3 aromatic rings. The lowest BCUT2D eigenvalue weighted by Gasteiger charge is -2.13. The molecule has 8 heteroatoms. The van der Waals surface area contributed by atoms with Crippen LogP contribution in [0, 0.1) is 20.8 Å². The van der Waals surface area contributed by atoms with Crippen molar-refractivity contribution in [1.29, 1.82) is 0 Å². The van der Waals surface area contributed by atoms with Crippen LogP contribution in [0.4, 0.5) is 5.69 Å². The minimum atomic E-state index is -3.82. The molecule has 0 unspecified atom stereocenters. The SMILES string of the molecule is Cc1ccc(NS(=O)(=O)c2cc(C(=O)NCCCn3ccnc3)ccc2C)cc1C. The second-order valence-electron chi connectivity index (χ2n) is 7.29. The zero-order valence-electron chi connectivity index (χ0n) is 17.3. The highest BCUT2D eigenvalue weighted by Gasteiger charge is 2.19. The lowest BCUT2D eigenvalue weighted by molar-refractivity contribution is 0.0952. The summed E-state index contributed by atoms with van der Waals surface area (Å²) in [7, 11) is -3.82. The van der Waals surface area contributed by atoms with Crippen molar-refractivity contribution in [3.63, 3.8) is 0 Å². The zero-order chi connectivity index (χ0) is 21.7. The van der Waals surface area contributed by atoms with Gasteiger partial charge in [-0.2, -0.15) is 0 Å². The number of sulfonamides is 1. The van der Waals surface area contributed by atoms with Crippen LogP contribution in [-0.2, 0) is 16.6 Å². The molecule has 3 rings (SSSR count). The van der Waals surface area contributed by atoms with Crippen molar-refractivity contribution in [1.82, 2.24) is 14.9 Å². The van der Waals surface area contributed by atoms with Gasteiger partial charge in [0.25, 0.3) is 15.9 Å². The molecule has 0 aliphatic heterocycles. The number of hydrogen-bond acceptors (Lipinski definition) is 4. The highest BCUT2D eigenvalue weighted by molar-refractivity contribution is 7.92. The fourth-order valence-electron chi connectivity index (χ4n) is 3.03. The summed E-state index contributed by atoms with van der Waals surface area (Å²) in [6, 6.07) is 10.1. The summed E-state index contributed by atoms with van der Waals surface area (Å²) in [6.45, 7) is 6.83. The van der Waals surface area contributed by atoms with Gasteiger partial charge in [-0.15, -0.1) is 0 Å². The van der Waals surface area contributed by atoms with Crippen molar-refractivity contribution in [2.24, 2.45) is 0 Å². The summed E-state index contributed by atoms with van der Waals surface area (Å²) in [6.07, 6.45) is 6.04. The molecule has 0 bridgehead atoms. The smallest absolute Gasteiger partial charge is 0.262 e. The van der Waals surface area contributed by atoms with Gasteiger partial charge in [-0.1, -0.05) is 12.1 Å². The molecule has 0 aliphatic carbocycles. The number of aromatic nitrogens is 2. The first-order valence-electron chi connectivity index (χ1n) is 9.71. The predicted molar refractivity (Wildman–Crippen MR) is 117 cm³/mol. The van der Waals surface area contributed by atoms with Crippen LogP contribution in [0.25, 0.3) is 0 Å². The fourth-order valence-corrected chi connectivity index (χ4v) is 4.35. The van der Waals surface area contributed by atoms with Crippen LogP contribution in [0.3, 0.4) is 0 Å². The third-order valence-electron chi connectivity index (χ3n) is 4.94. The van der Waals surface area contributed by atoms with Gasteiger partial charge in [-0.25, -0.2) is 13.4 Å². The standard InChI is InChI=1S/C22H26N4O3S/c1-16-6-8-20(13-18(16)3)25-30(28,29)21-14-19(7-5-17(21)2)22(27)24-9-4-11-26-12-10-23-15-26/h5-8,10,12-15,25H,4,9,11H2,1-3H3,(H,24,27). The Balaban J connectivity index is 1.69. The Morgan fingerprint density at radius 1 is 1.03 bits per heavy atom. The number of benzene rings is 2. The zero-order valence-corrected chi connectivity index (χ0v) is 18.2. The number of anilines is 1. The second-order valence-corrected chi connectivity index (χ2v) is 8.95. The van der Waals surface area contributed by atoms with Gasteiger partial charge < -0.3 is 9.88 Å². The quantitative estimate of drug-likeness (QED) is 0.540. The molecule has 1 amide bonds. The van der Waals surface area contributed by atoms with Crippen LogP contribution in [0.15, 0.2) is 60.0 Å². The van der Waals surface area contributed by atoms with Crippen molar-refractivity contribution in [3.05, 3.63) is 77.4 Å². The summed E-state index contributed by atoms with van der Waals surface area (Å²) >= 11 is 0. The summed E-state index contributed by atoms with van der Waals surface area (Å²) in [5.41, 5.74) is 3.45. The van der Waals surface area contributed by atoms with Crippen LogP contribution in [0.2, 0.25) is 0 Å². The van der Waals surface area contributed by atoms with Crippen molar-refractivity contribution in [2.75, 3.05) is 11.3 Å². The normalized spacial score (nSPS) is 11.3. The molecule has 0 saturated carbocycles. The van der Waals surface area contributed by atoms with Gasteiger partial charge in [0.1, 0.15) is 0 Å². The molecule has 0 radical (unpaired) electrons. The molecule has 1 heterocycles. The number of aryl methyl sites for hydroxylation is 4. The lowest BCUT2D eigenvalue weighted by Crippen LogP contribution is -2.25. The summed E-state index contributed by atoms with van der Waals surface area (Å²) in [5, 5.41) is 2.83. The fraction of sp³-hybridized carbons (Fsp3) is 0.273. The monoisotopic (exact) mass is 426 g/mol. The van der Waals surface area contributed by atoms with Gasteiger partial charge >= 0.3 is 0 Å². The topological polar surface area (TPSA) is 93.1 Å². The molecule has 2 aromatic carbocycles. The van der Waals surface area contributed by atoms with Crippen molar-refractivity contribution in [3.8, 4) is 0 Å². The Morgan fingerprint density at radius 2 is 1.80 bits per heavy atom. The first-order chi connectivity index (χ1) is 14.3. The Hall–Kier alpha value is -3.13. The summed E-state index contributed by atoms with van der Waals surface area (Å²) in [4.78, 5) is 16.6. The van der Waals surface area contributed by atoms with E-state index in [4.69, 9.17) is 0 Å². The molecule has 0 aliphatic rings. The van der Waals surface area contributed by atoms with Gasteiger partial charge in [0, 0.05) is 36.7 Å². The third-order valence-corrected chi connectivity index (χ3v) is 6.46. The number of rotatable bonds is 8. The van der Waals surface area contributed by atoms with E-state index in [1.807, 2.05) is 30.7 Å². The van der Waals surface area contributed by atoms with Crippen molar-refractivity contribution in [2.45, 2.75) is 38.6 Å². The number of nitrogens with zero attached hydrogens (tertiary/aromatic N) is 2. The van der Waals surface area contributed by atoms with Crippen molar-refractivity contribution >= 4 is 21.6 Å². The van der Waals surface area contributed by atoms with Gasteiger partial charge in [-0.05, 0) is 68.1 Å². The Kier molecular flexibility index (Phi) is 6.56. The first-order valence-corrected chi connectivity index (χ1v) is 11.2. The number of amides is 1. The molecule has 7 nitrogen and oxygen atoms in total. The van der Waals surface area contributed by atoms with Gasteiger partial charge in [0.2, 0.25) is 0 Å². The maximum Gasteiger partial charge on any atom is 0.262 e. The van der Waals surface area contributed by atoms with Gasteiger partial charge in [-0.3, -0.25) is 9.52 Å². The molecule has 30 heavy (non-hydrogen) atoms. The Labute approximate surface area is 177 Å². The van der Waals surface area contributed by atoms with E-state index < -0.39 is 10.0 Å². The van der Waals surface area contributed by atoms with E-state index >= 15 is 0 Å². The Bertz CT molecular complexity index is 1140. The Morgan fingerprint density at radius 3 is 2.50 bits per heavy atom. The summed E-state index contributed by atoms with van der Waals surface area (Å²) in [5.74, 6) is -0.303. The molecule has 0 saturated heterocycles. The average molecular weight is 427 g/mol. The van der Waals surface area contributed by atoms with E-state index in [-0.39, 0.29) is 10.8 Å². The average Bonchev–Trinajstić information content (AvgIpc) is 3.21. The van der Waals surface area contributed by atoms with E-state index in [1.54, 1.807) is 43.7 Å². The summed E-state index contributed by atoms with van der Waals surface area (Å²) < 4.78 is 30.4. The predicted octanol–water partition coefficient (Wildman–Crippen LogP) is 3.43. The van der Waals surface area contributed by atoms with E-state index in [2.05, 4.69) is 15.0 Å². The van der Waals surface area contributed by atoms with Gasteiger partial charge in [0.15, 0.2) is 0 Å². The van der Waals surface area contributed by atoms with Crippen LogP contribution in [0.5, 0.6) is 0 Å². The highest BCUT2D eigenvalue weighted by atomic mass is 32.2. The molecule has 1 aromatic heterocycles. The largest absolute Gasteiger partial charge is 0.352 e. The second kappa shape index (κ2) is 9.13. The van der Waals surface area contributed by atoms with Crippen LogP contribution >= 0.6 is 0 Å². The van der Waals surface area contributed by atoms with E-state index in [9.17, 15) is 13.2 Å². The molecule has 0 fully saturated rings. The molecule has 0 atom stereocenters.